The summed E-state index contributed by atoms with van der Waals surface area (Å²) < 4.78 is 0. The van der Waals surface area contributed by atoms with Crippen LogP contribution in [-0.2, 0) is 10.3 Å². The lowest BCUT2D eigenvalue weighted by Crippen LogP contribution is -3.12. The third-order valence-corrected chi connectivity index (χ3v) is 7.24. The predicted octanol–water partition coefficient (Wildman–Crippen LogP) is 2.92. The Morgan fingerprint density at radius 2 is 1.63 bits per heavy atom. The van der Waals surface area contributed by atoms with Crippen molar-refractivity contribution in [3.05, 3.63) is 94.2 Å². The van der Waals surface area contributed by atoms with Gasteiger partial charge in [0.15, 0.2) is 12.2 Å². The largest absolute Gasteiger partial charge is 0.330 e. The first-order valence-electron chi connectivity index (χ1n) is 10.3. The molecule has 0 spiro atoms. The number of carbonyl (C=O) groups excluding carboxylic acids is 2. The zero-order valence-electron chi connectivity index (χ0n) is 16.6. The minimum absolute atomic E-state index is 0.200. The molecule has 2 aromatic carbocycles. The molecule has 5 nitrogen and oxygen atoms in total. The van der Waals surface area contributed by atoms with Crippen LogP contribution in [0.5, 0.6) is 0 Å². The maximum absolute atomic E-state index is 13.9. The summed E-state index contributed by atoms with van der Waals surface area (Å²) in [5.74, 6) is -0.200. The van der Waals surface area contributed by atoms with E-state index in [-0.39, 0.29) is 11.9 Å². The number of hydrogen-bond donors (Lipinski definition) is 2. The number of thiophene rings is 1. The van der Waals surface area contributed by atoms with E-state index < -0.39 is 5.54 Å². The monoisotopic (exact) mass is 418 g/mol. The quantitative estimate of drug-likeness (QED) is 0.626. The molecule has 0 bridgehead atoms. The second kappa shape index (κ2) is 7.70. The molecule has 3 heterocycles. The van der Waals surface area contributed by atoms with Gasteiger partial charge in [-0.3, -0.25) is 4.79 Å². The topological polar surface area (TPSA) is 53.9 Å². The van der Waals surface area contributed by atoms with Gasteiger partial charge in [0.05, 0.1) is 11.4 Å². The second-order valence-corrected chi connectivity index (χ2v) is 8.90. The van der Waals surface area contributed by atoms with E-state index in [1.54, 1.807) is 11.3 Å². The van der Waals surface area contributed by atoms with E-state index in [0.717, 1.165) is 30.5 Å². The number of imide groups is 1. The number of rotatable bonds is 5. The Bertz CT molecular complexity index is 997. The summed E-state index contributed by atoms with van der Waals surface area (Å²) in [6.07, 6.45) is 2.19. The molecule has 2 atom stereocenters. The van der Waals surface area contributed by atoms with Crippen LogP contribution >= 0.6 is 11.3 Å². The molecule has 1 unspecified atom stereocenters. The predicted molar refractivity (Wildman–Crippen MR) is 116 cm³/mol. The molecule has 3 amide bonds. The fourth-order valence-electron chi connectivity index (χ4n) is 4.79. The molecule has 5 rings (SSSR count). The molecule has 0 saturated carbocycles. The normalized spacial score (nSPS) is 23.0. The van der Waals surface area contributed by atoms with Gasteiger partial charge in [-0.15, -0.1) is 11.3 Å². The zero-order chi connectivity index (χ0) is 20.6. The Morgan fingerprint density at radius 3 is 2.23 bits per heavy atom. The van der Waals surface area contributed by atoms with Crippen LogP contribution in [0.25, 0.3) is 0 Å². The van der Waals surface area contributed by atoms with Crippen molar-refractivity contribution >= 4 is 23.3 Å². The van der Waals surface area contributed by atoms with Gasteiger partial charge in [-0.1, -0.05) is 66.7 Å². The Hall–Kier alpha value is -2.96. The van der Waals surface area contributed by atoms with Gasteiger partial charge >= 0.3 is 6.03 Å². The number of benzene rings is 2. The van der Waals surface area contributed by atoms with Gasteiger partial charge in [0.25, 0.3) is 5.91 Å². The van der Waals surface area contributed by atoms with Crippen molar-refractivity contribution in [1.82, 2.24) is 10.2 Å². The summed E-state index contributed by atoms with van der Waals surface area (Å²) in [5, 5.41) is 5.14. The van der Waals surface area contributed by atoms with Crippen LogP contribution < -0.4 is 10.2 Å². The zero-order valence-corrected chi connectivity index (χ0v) is 17.4. The van der Waals surface area contributed by atoms with Crippen LogP contribution in [-0.4, -0.2) is 30.1 Å². The van der Waals surface area contributed by atoms with Gasteiger partial charge in [-0.05, 0) is 22.6 Å². The maximum atomic E-state index is 13.9. The van der Waals surface area contributed by atoms with E-state index in [4.69, 9.17) is 0 Å². The number of hydrogen-bond acceptors (Lipinski definition) is 3. The Morgan fingerprint density at radius 1 is 0.967 bits per heavy atom. The molecule has 2 aliphatic rings. The van der Waals surface area contributed by atoms with Crippen molar-refractivity contribution in [2.45, 2.75) is 24.4 Å². The van der Waals surface area contributed by atoms with Crippen molar-refractivity contribution in [3.8, 4) is 0 Å². The van der Waals surface area contributed by atoms with Crippen LogP contribution in [0, 0.1) is 0 Å². The third-order valence-electron chi connectivity index (χ3n) is 6.25. The summed E-state index contributed by atoms with van der Waals surface area (Å²) in [6, 6.07) is 23.3. The average Bonchev–Trinajstić information content (AvgIpc) is 3.52. The number of urea groups is 1. The highest BCUT2D eigenvalue weighted by atomic mass is 32.1. The smallest absolute Gasteiger partial charge is 0.315 e. The van der Waals surface area contributed by atoms with E-state index in [1.165, 1.54) is 14.7 Å². The Kier molecular flexibility index (Phi) is 4.89. The van der Waals surface area contributed by atoms with Crippen LogP contribution in [0.15, 0.2) is 78.2 Å². The first-order valence-corrected chi connectivity index (χ1v) is 11.2. The fourth-order valence-corrected chi connectivity index (χ4v) is 5.71. The van der Waals surface area contributed by atoms with Gasteiger partial charge in [0, 0.05) is 12.8 Å². The standard InChI is InChI=1S/C24H23N3O2S/c28-22-24(18-9-3-1-4-10-18,19-11-5-2-6-12-19)25-23(29)27(22)17-26-15-7-13-20(26)21-14-8-16-30-21/h1-6,8-12,14,16,20H,7,13,15,17H2,(H,25,29)/p+1/t20-/m0/s1. The number of quaternary nitrogens is 1. The molecule has 0 aliphatic carbocycles. The Labute approximate surface area is 179 Å². The minimum Gasteiger partial charge on any atom is -0.315 e. The molecule has 152 valence electrons. The Balaban J connectivity index is 1.50. The molecule has 0 radical (unpaired) electrons. The highest BCUT2D eigenvalue weighted by molar-refractivity contribution is 7.10. The van der Waals surface area contributed by atoms with Gasteiger partial charge in [-0.25, -0.2) is 9.69 Å². The molecule has 2 aliphatic heterocycles. The number of carbonyl (C=O) groups is 2. The second-order valence-electron chi connectivity index (χ2n) is 7.92. The van der Waals surface area contributed by atoms with Gasteiger partial charge in [-0.2, -0.15) is 0 Å². The summed E-state index contributed by atoms with van der Waals surface area (Å²) in [5.41, 5.74) is 0.378. The fraction of sp³-hybridized carbons (Fsp3) is 0.250. The molecule has 1 aromatic heterocycles. The molecule has 2 N–H and O–H groups in total. The molecule has 2 fully saturated rings. The molecular formula is C24H24N3O2S+. The molecule has 3 aromatic rings. The van der Waals surface area contributed by atoms with E-state index >= 15 is 0 Å². The van der Waals surface area contributed by atoms with Crippen molar-refractivity contribution in [2.75, 3.05) is 13.2 Å². The van der Waals surface area contributed by atoms with Gasteiger partial charge in [0.2, 0.25) is 0 Å². The highest BCUT2D eigenvalue weighted by Gasteiger charge is 2.55. The van der Waals surface area contributed by atoms with E-state index in [9.17, 15) is 9.59 Å². The first kappa shape index (κ1) is 19.0. The SMILES string of the molecule is O=C1NC(c2ccccc2)(c2ccccc2)C(=O)N1C[NH+]1CCC[C@H]1c1cccs1. The van der Waals surface area contributed by atoms with E-state index in [0.29, 0.717) is 12.7 Å². The van der Waals surface area contributed by atoms with Crippen molar-refractivity contribution < 1.29 is 14.5 Å². The van der Waals surface area contributed by atoms with Crippen molar-refractivity contribution in [2.24, 2.45) is 0 Å². The van der Waals surface area contributed by atoms with Crippen LogP contribution in [0.1, 0.15) is 34.9 Å². The lowest BCUT2D eigenvalue weighted by Gasteiger charge is -2.29. The van der Waals surface area contributed by atoms with Crippen molar-refractivity contribution in [3.63, 3.8) is 0 Å². The van der Waals surface area contributed by atoms with Crippen LogP contribution in [0.4, 0.5) is 4.79 Å². The lowest BCUT2D eigenvalue weighted by atomic mass is 9.83. The number of amides is 3. The molecular weight excluding hydrogens is 394 g/mol. The average molecular weight is 419 g/mol. The van der Waals surface area contributed by atoms with Gasteiger partial charge < -0.3 is 10.2 Å². The lowest BCUT2D eigenvalue weighted by molar-refractivity contribution is -0.925. The van der Waals surface area contributed by atoms with E-state index in [1.807, 2.05) is 60.7 Å². The maximum Gasteiger partial charge on any atom is 0.330 e. The first-order chi connectivity index (χ1) is 14.7. The number of nitrogens with one attached hydrogen (secondary N) is 2. The molecule has 6 heteroatoms. The summed E-state index contributed by atoms with van der Waals surface area (Å²) >= 11 is 1.75. The molecule has 2 saturated heterocycles. The summed E-state index contributed by atoms with van der Waals surface area (Å²) in [7, 11) is 0. The molecule has 30 heavy (non-hydrogen) atoms. The highest BCUT2D eigenvalue weighted by Crippen LogP contribution is 2.35. The van der Waals surface area contributed by atoms with Crippen LogP contribution in [0.2, 0.25) is 0 Å². The third kappa shape index (κ3) is 3.04. The van der Waals surface area contributed by atoms with E-state index in [2.05, 4.69) is 22.8 Å². The summed E-state index contributed by atoms with van der Waals surface area (Å²) in [6.45, 7) is 1.35. The number of nitrogens with zero attached hydrogens (tertiary/aromatic N) is 1. The summed E-state index contributed by atoms with van der Waals surface area (Å²) in [4.78, 5) is 31.0. The number of likely N-dealkylation sites (tertiary alicyclic amines) is 1. The van der Waals surface area contributed by atoms with Gasteiger partial charge in [0.1, 0.15) is 6.04 Å². The van der Waals surface area contributed by atoms with Crippen molar-refractivity contribution in [1.29, 1.82) is 0 Å². The van der Waals surface area contributed by atoms with Crippen LogP contribution in [0.3, 0.4) is 0 Å². The minimum atomic E-state index is -1.18.